The van der Waals surface area contributed by atoms with Gasteiger partial charge in [-0.05, 0) is 26.3 Å². The van der Waals surface area contributed by atoms with Crippen LogP contribution in [0.3, 0.4) is 0 Å². The molecule has 1 N–H and O–H groups in total. The fourth-order valence-electron chi connectivity index (χ4n) is 1.95. The Hall–Kier alpha value is -1.03. The molecular weight excluding hydrogens is 194 g/mol. The van der Waals surface area contributed by atoms with Crippen LogP contribution in [0, 0.1) is 11.8 Å². The van der Waals surface area contributed by atoms with Crippen LogP contribution < -0.4 is 0 Å². The number of rotatable bonds is 1. The summed E-state index contributed by atoms with van der Waals surface area (Å²) in [5.74, 6) is 0.672. The first kappa shape index (κ1) is 10.5. The number of fused-ring (bicyclic) bond motifs is 1. The highest BCUT2D eigenvalue weighted by molar-refractivity contribution is 5.71. The zero-order chi connectivity index (χ0) is 11.2. The van der Waals surface area contributed by atoms with E-state index >= 15 is 0 Å². The quantitative estimate of drug-likeness (QED) is 0.712. The maximum absolute atomic E-state index is 11.6. The largest absolute Gasteiger partial charge is 0.443 e. The van der Waals surface area contributed by atoms with Crippen molar-refractivity contribution < 1.29 is 14.6 Å². The van der Waals surface area contributed by atoms with Crippen molar-refractivity contribution >= 4 is 6.09 Å². The van der Waals surface area contributed by atoms with Gasteiger partial charge in [-0.25, -0.2) is 4.79 Å². The summed E-state index contributed by atoms with van der Waals surface area (Å²) in [5.41, 5.74) is 0.738. The molecule has 0 saturated heterocycles. The van der Waals surface area contributed by atoms with Crippen LogP contribution in [-0.2, 0) is 4.74 Å². The number of hydrogen-bond acceptors (Lipinski definition) is 3. The van der Waals surface area contributed by atoms with Crippen LogP contribution in [0.15, 0.2) is 11.8 Å². The van der Waals surface area contributed by atoms with Crippen LogP contribution in [0.1, 0.15) is 20.8 Å². The van der Waals surface area contributed by atoms with Gasteiger partial charge in [0.05, 0.1) is 6.61 Å². The van der Waals surface area contributed by atoms with Crippen molar-refractivity contribution in [3.05, 3.63) is 11.8 Å². The van der Waals surface area contributed by atoms with Gasteiger partial charge in [-0.3, -0.25) is 4.90 Å². The maximum Gasteiger partial charge on any atom is 0.414 e. The van der Waals surface area contributed by atoms with E-state index in [0.717, 1.165) is 0 Å². The van der Waals surface area contributed by atoms with Crippen LogP contribution in [0.5, 0.6) is 0 Å². The summed E-state index contributed by atoms with van der Waals surface area (Å²) in [4.78, 5) is 13.2. The highest BCUT2D eigenvalue weighted by atomic mass is 16.6. The van der Waals surface area contributed by atoms with Crippen molar-refractivity contribution in [1.29, 1.82) is 0 Å². The van der Waals surface area contributed by atoms with Gasteiger partial charge in [0.15, 0.2) is 0 Å². The van der Waals surface area contributed by atoms with Gasteiger partial charge in [-0.1, -0.05) is 0 Å². The minimum Gasteiger partial charge on any atom is -0.443 e. The molecule has 0 aromatic heterocycles. The molecule has 0 radical (unpaired) electrons. The smallest absolute Gasteiger partial charge is 0.414 e. The van der Waals surface area contributed by atoms with Crippen LogP contribution in [0.25, 0.3) is 0 Å². The Morgan fingerprint density at radius 3 is 2.73 bits per heavy atom. The Morgan fingerprint density at radius 1 is 1.67 bits per heavy atom. The standard InChI is InChI=1S/C11H17NO3/c1-11(2,3)15-10(14)12-4-7-8(5-12)9(7)6-13/h4,8-9,13H,5-6H2,1-3H3. The molecule has 2 aliphatic rings. The van der Waals surface area contributed by atoms with E-state index in [1.165, 1.54) is 5.57 Å². The molecule has 15 heavy (non-hydrogen) atoms. The summed E-state index contributed by atoms with van der Waals surface area (Å²) in [6, 6.07) is 0. The van der Waals surface area contributed by atoms with E-state index in [-0.39, 0.29) is 12.7 Å². The molecule has 1 aliphatic carbocycles. The first-order valence-corrected chi connectivity index (χ1v) is 5.24. The van der Waals surface area contributed by atoms with E-state index in [9.17, 15) is 4.79 Å². The van der Waals surface area contributed by atoms with Crippen LogP contribution in [-0.4, -0.2) is 34.9 Å². The lowest BCUT2D eigenvalue weighted by Crippen LogP contribution is -2.34. The van der Waals surface area contributed by atoms with Gasteiger partial charge in [-0.2, -0.15) is 0 Å². The van der Waals surface area contributed by atoms with Gasteiger partial charge in [0.1, 0.15) is 5.60 Å². The van der Waals surface area contributed by atoms with Crippen molar-refractivity contribution in [3.63, 3.8) is 0 Å². The minimum atomic E-state index is -0.446. The van der Waals surface area contributed by atoms with Crippen molar-refractivity contribution in [1.82, 2.24) is 4.90 Å². The summed E-state index contributed by atoms with van der Waals surface area (Å²) in [7, 11) is 0. The molecule has 2 atom stereocenters. The average molecular weight is 211 g/mol. The molecule has 2 rings (SSSR count). The molecule has 1 fully saturated rings. The Morgan fingerprint density at radius 2 is 2.33 bits per heavy atom. The van der Waals surface area contributed by atoms with Crippen LogP contribution in [0.2, 0.25) is 0 Å². The van der Waals surface area contributed by atoms with E-state index in [4.69, 9.17) is 9.84 Å². The second-order valence-corrected chi connectivity index (χ2v) is 5.16. The van der Waals surface area contributed by atoms with E-state index in [2.05, 4.69) is 0 Å². The third-order valence-corrected chi connectivity index (χ3v) is 2.76. The molecular formula is C11H17NO3. The third kappa shape index (κ3) is 2.00. The van der Waals surface area contributed by atoms with Crippen molar-refractivity contribution in [2.24, 2.45) is 11.8 Å². The fourth-order valence-corrected chi connectivity index (χ4v) is 1.95. The van der Waals surface area contributed by atoms with Gasteiger partial charge in [0.2, 0.25) is 0 Å². The summed E-state index contributed by atoms with van der Waals surface area (Å²) >= 11 is 0. The minimum absolute atomic E-state index is 0.193. The molecule has 0 bridgehead atoms. The molecule has 0 aromatic rings. The van der Waals surface area contributed by atoms with Gasteiger partial charge in [0.25, 0.3) is 0 Å². The second kappa shape index (κ2) is 3.23. The molecule has 1 amide bonds. The average Bonchev–Trinajstić information content (AvgIpc) is 2.54. The molecule has 4 nitrogen and oxygen atoms in total. The molecule has 1 heterocycles. The lowest BCUT2D eigenvalue weighted by atomic mass is 10.2. The van der Waals surface area contributed by atoms with Gasteiger partial charge in [-0.15, -0.1) is 0 Å². The number of hydrogen-bond donors (Lipinski definition) is 1. The van der Waals surface area contributed by atoms with E-state index < -0.39 is 5.60 Å². The SMILES string of the molecule is CC(C)(C)OC(=O)N1C=C2C(CO)C2C1. The summed E-state index contributed by atoms with van der Waals surface area (Å²) in [6.07, 6.45) is 1.53. The number of carbonyl (C=O) groups is 1. The highest BCUT2D eigenvalue weighted by Gasteiger charge is 2.49. The normalized spacial score (nSPS) is 28.5. The predicted octanol–water partition coefficient (Wildman–Crippen LogP) is 1.36. The monoisotopic (exact) mass is 211 g/mol. The molecule has 2 unspecified atom stereocenters. The number of aliphatic hydroxyl groups excluding tert-OH is 1. The zero-order valence-corrected chi connectivity index (χ0v) is 9.36. The number of aliphatic hydroxyl groups is 1. The first-order chi connectivity index (χ1) is 6.92. The molecule has 1 aliphatic heterocycles. The summed E-state index contributed by atoms with van der Waals surface area (Å²) in [6.45, 7) is 6.41. The molecule has 0 aromatic carbocycles. The Labute approximate surface area is 89.5 Å². The Balaban J connectivity index is 1.91. The van der Waals surface area contributed by atoms with Gasteiger partial charge in [0, 0.05) is 24.6 Å². The van der Waals surface area contributed by atoms with E-state index in [1.54, 1.807) is 4.90 Å². The van der Waals surface area contributed by atoms with Crippen LogP contribution >= 0.6 is 0 Å². The second-order valence-electron chi connectivity index (χ2n) is 5.16. The summed E-state index contributed by atoms with van der Waals surface area (Å²) < 4.78 is 5.24. The lowest BCUT2D eigenvalue weighted by Gasteiger charge is -2.24. The molecule has 1 saturated carbocycles. The predicted molar refractivity (Wildman–Crippen MR) is 55.1 cm³/mol. The third-order valence-electron chi connectivity index (χ3n) is 2.76. The van der Waals surface area contributed by atoms with Crippen molar-refractivity contribution in [2.45, 2.75) is 26.4 Å². The topological polar surface area (TPSA) is 49.8 Å². The van der Waals surface area contributed by atoms with Crippen molar-refractivity contribution in [2.75, 3.05) is 13.2 Å². The van der Waals surface area contributed by atoms with Gasteiger partial charge < -0.3 is 9.84 Å². The highest BCUT2D eigenvalue weighted by Crippen LogP contribution is 2.50. The van der Waals surface area contributed by atoms with Crippen molar-refractivity contribution in [3.8, 4) is 0 Å². The van der Waals surface area contributed by atoms with E-state index in [0.29, 0.717) is 18.4 Å². The van der Waals surface area contributed by atoms with E-state index in [1.807, 2.05) is 27.0 Å². The first-order valence-electron chi connectivity index (χ1n) is 5.24. The molecule has 4 heteroatoms. The van der Waals surface area contributed by atoms with Gasteiger partial charge >= 0.3 is 6.09 Å². The fraction of sp³-hybridized carbons (Fsp3) is 0.727. The molecule has 0 spiro atoms. The zero-order valence-electron chi connectivity index (χ0n) is 9.36. The number of amides is 1. The lowest BCUT2D eigenvalue weighted by molar-refractivity contribution is 0.0333. The number of nitrogens with zero attached hydrogens (tertiary/aromatic N) is 1. The number of carbonyl (C=O) groups excluding carboxylic acids is 1. The Bertz CT molecular complexity index is 316. The number of ether oxygens (including phenoxy) is 1. The Kier molecular flexibility index (Phi) is 2.26. The van der Waals surface area contributed by atoms with Crippen LogP contribution in [0.4, 0.5) is 4.79 Å². The maximum atomic E-state index is 11.6. The molecule has 84 valence electrons. The summed E-state index contributed by atoms with van der Waals surface area (Å²) in [5, 5.41) is 8.95.